The second-order valence-corrected chi connectivity index (χ2v) is 8.08. The highest BCUT2D eigenvalue weighted by Gasteiger charge is 2.28. The Morgan fingerprint density at radius 2 is 1.79 bits per heavy atom. The number of rotatable bonds is 3. The SMILES string of the molecule is CC(C)(C)OC(=O)N1CCC(n2cccc2C(=O)Nc2ccc(F)c(F)c2)CC1. The van der Waals surface area contributed by atoms with Gasteiger partial charge in [0, 0.05) is 37.1 Å². The van der Waals surface area contributed by atoms with Crippen LogP contribution < -0.4 is 5.32 Å². The van der Waals surface area contributed by atoms with Crippen LogP contribution in [0.3, 0.4) is 0 Å². The normalized spacial score (nSPS) is 15.3. The second kappa shape index (κ2) is 8.23. The van der Waals surface area contributed by atoms with Crippen molar-refractivity contribution in [1.29, 1.82) is 0 Å². The third kappa shape index (κ3) is 5.13. The zero-order chi connectivity index (χ0) is 21.2. The molecule has 1 fully saturated rings. The molecule has 8 heteroatoms. The quantitative estimate of drug-likeness (QED) is 0.812. The minimum atomic E-state index is -1.02. The molecule has 1 N–H and O–H groups in total. The van der Waals surface area contributed by atoms with Gasteiger partial charge in [-0.3, -0.25) is 4.79 Å². The van der Waals surface area contributed by atoms with Crippen molar-refractivity contribution in [3.8, 4) is 0 Å². The minimum Gasteiger partial charge on any atom is -0.444 e. The van der Waals surface area contributed by atoms with Gasteiger partial charge in [0.2, 0.25) is 0 Å². The van der Waals surface area contributed by atoms with Crippen LogP contribution in [0.1, 0.15) is 50.1 Å². The minimum absolute atomic E-state index is 0.0504. The van der Waals surface area contributed by atoms with Gasteiger partial charge in [0.05, 0.1) is 0 Å². The molecule has 1 aromatic heterocycles. The van der Waals surface area contributed by atoms with Crippen molar-refractivity contribution >= 4 is 17.7 Å². The fourth-order valence-electron chi connectivity index (χ4n) is 3.33. The lowest BCUT2D eigenvalue weighted by atomic mass is 10.0. The molecule has 2 heterocycles. The lowest BCUT2D eigenvalue weighted by Crippen LogP contribution is -2.42. The summed E-state index contributed by atoms with van der Waals surface area (Å²) in [6, 6.07) is 6.71. The predicted octanol–water partition coefficient (Wildman–Crippen LogP) is 4.59. The summed E-state index contributed by atoms with van der Waals surface area (Å²) >= 11 is 0. The molecule has 0 unspecified atom stereocenters. The van der Waals surface area contributed by atoms with Gasteiger partial charge < -0.3 is 19.5 Å². The van der Waals surface area contributed by atoms with E-state index in [1.54, 1.807) is 17.0 Å². The summed E-state index contributed by atoms with van der Waals surface area (Å²) in [6.45, 7) is 6.55. The summed E-state index contributed by atoms with van der Waals surface area (Å²) < 4.78 is 33.7. The van der Waals surface area contributed by atoms with Crippen molar-refractivity contribution in [2.24, 2.45) is 0 Å². The Kier molecular flexibility index (Phi) is 5.91. The van der Waals surface area contributed by atoms with Crippen LogP contribution in [0.5, 0.6) is 0 Å². The zero-order valence-electron chi connectivity index (χ0n) is 16.7. The molecule has 0 atom stereocenters. The van der Waals surface area contributed by atoms with Crippen molar-refractivity contribution in [1.82, 2.24) is 9.47 Å². The molecule has 3 rings (SSSR count). The van der Waals surface area contributed by atoms with E-state index in [9.17, 15) is 18.4 Å². The third-order valence-corrected chi connectivity index (χ3v) is 4.70. The van der Waals surface area contributed by atoms with Crippen LogP contribution in [0.15, 0.2) is 36.5 Å². The lowest BCUT2D eigenvalue weighted by Gasteiger charge is -2.34. The molecular weight excluding hydrogens is 380 g/mol. The maximum atomic E-state index is 13.4. The first-order valence-electron chi connectivity index (χ1n) is 9.55. The van der Waals surface area contributed by atoms with Gasteiger partial charge in [-0.25, -0.2) is 13.6 Å². The smallest absolute Gasteiger partial charge is 0.410 e. The average molecular weight is 405 g/mol. The molecule has 1 aromatic carbocycles. The van der Waals surface area contributed by atoms with Crippen molar-refractivity contribution in [2.75, 3.05) is 18.4 Å². The summed E-state index contributed by atoms with van der Waals surface area (Å²) in [5.41, 5.74) is 0.0613. The highest BCUT2D eigenvalue weighted by molar-refractivity contribution is 6.03. The average Bonchev–Trinajstić information content (AvgIpc) is 3.13. The molecular formula is C21H25F2N3O3. The van der Waals surface area contributed by atoms with Crippen LogP contribution in [0, 0.1) is 11.6 Å². The van der Waals surface area contributed by atoms with Crippen molar-refractivity contribution in [3.05, 3.63) is 53.9 Å². The fourth-order valence-corrected chi connectivity index (χ4v) is 3.33. The number of carbonyl (C=O) groups is 2. The van der Waals surface area contributed by atoms with Crippen LogP contribution in [0.2, 0.25) is 0 Å². The number of benzene rings is 1. The standard InChI is InChI=1S/C21H25F2N3O3/c1-21(2,3)29-20(28)25-11-8-15(9-12-25)26-10-4-5-18(26)19(27)24-14-6-7-16(22)17(23)13-14/h4-7,10,13,15H,8-9,11-12H2,1-3H3,(H,24,27). The highest BCUT2D eigenvalue weighted by Crippen LogP contribution is 2.26. The van der Waals surface area contributed by atoms with Gasteiger partial charge in [-0.2, -0.15) is 0 Å². The van der Waals surface area contributed by atoms with Gasteiger partial charge in [0.25, 0.3) is 5.91 Å². The number of piperidine rings is 1. The van der Waals surface area contributed by atoms with E-state index in [1.807, 2.05) is 31.5 Å². The van der Waals surface area contributed by atoms with Crippen LogP contribution in [-0.4, -0.2) is 40.2 Å². The molecule has 156 valence electrons. The maximum absolute atomic E-state index is 13.4. The van der Waals surface area contributed by atoms with E-state index in [4.69, 9.17) is 4.74 Å². The summed E-state index contributed by atoms with van der Waals surface area (Å²) in [7, 11) is 0. The summed E-state index contributed by atoms with van der Waals surface area (Å²) in [5.74, 6) is -2.40. The first-order chi connectivity index (χ1) is 13.6. The number of hydrogen-bond acceptors (Lipinski definition) is 3. The van der Waals surface area contributed by atoms with Crippen LogP contribution in [-0.2, 0) is 4.74 Å². The van der Waals surface area contributed by atoms with E-state index in [0.29, 0.717) is 31.6 Å². The van der Waals surface area contributed by atoms with Gasteiger partial charge in [-0.15, -0.1) is 0 Å². The van der Waals surface area contributed by atoms with Gasteiger partial charge in [-0.1, -0.05) is 0 Å². The van der Waals surface area contributed by atoms with E-state index in [1.165, 1.54) is 6.07 Å². The number of aromatic nitrogens is 1. The molecule has 2 aromatic rings. The predicted molar refractivity (Wildman–Crippen MR) is 105 cm³/mol. The number of amides is 2. The topological polar surface area (TPSA) is 63.6 Å². The molecule has 0 spiro atoms. The number of ether oxygens (including phenoxy) is 1. The number of halogens is 2. The van der Waals surface area contributed by atoms with Gasteiger partial charge in [0.1, 0.15) is 11.3 Å². The van der Waals surface area contributed by atoms with E-state index in [0.717, 1.165) is 12.1 Å². The monoisotopic (exact) mass is 405 g/mol. The number of nitrogens with one attached hydrogen (secondary N) is 1. The second-order valence-electron chi connectivity index (χ2n) is 8.08. The number of hydrogen-bond donors (Lipinski definition) is 1. The van der Waals surface area contributed by atoms with Gasteiger partial charge in [0.15, 0.2) is 11.6 Å². The Morgan fingerprint density at radius 1 is 1.10 bits per heavy atom. The third-order valence-electron chi connectivity index (χ3n) is 4.70. The van der Waals surface area contributed by atoms with E-state index >= 15 is 0 Å². The Hall–Kier alpha value is -2.90. The van der Waals surface area contributed by atoms with Gasteiger partial charge >= 0.3 is 6.09 Å². The van der Waals surface area contributed by atoms with Crippen LogP contribution >= 0.6 is 0 Å². The Morgan fingerprint density at radius 3 is 2.41 bits per heavy atom. The number of anilines is 1. The van der Waals surface area contributed by atoms with E-state index < -0.39 is 23.1 Å². The largest absolute Gasteiger partial charge is 0.444 e. The Bertz CT molecular complexity index is 897. The number of nitrogens with zero attached hydrogens (tertiary/aromatic N) is 2. The van der Waals surface area contributed by atoms with E-state index in [2.05, 4.69) is 5.32 Å². The Labute approximate surface area is 168 Å². The van der Waals surface area contributed by atoms with Crippen LogP contribution in [0.4, 0.5) is 19.3 Å². The molecule has 0 radical (unpaired) electrons. The van der Waals surface area contributed by atoms with Crippen molar-refractivity contribution in [3.63, 3.8) is 0 Å². The highest BCUT2D eigenvalue weighted by atomic mass is 19.2. The Balaban J connectivity index is 1.64. The maximum Gasteiger partial charge on any atom is 0.410 e. The van der Waals surface area contributed by atoms with Gasteiger partial charge in [-0.05, 0) is 57.9 Å². The zero-order valence-corrected chi connectivity index (χ0v) is 16.7. The number of likely N-dealkylation sites (tertiary alicyclic amines) is 1. The van der Waals surface area contributed by atoms with Crippen LogP contribution in [0.25, 0.3) is 0 Å². The molecule has 1 aliphatic heterocycles. The summed E-state index contributed by atoms with van der Waals surface area (Å²) in [5, 5.41) is 2.59. The molecule has 2 amide bonds. The molecule has 0 bridgehead atoms. The molecule has 0 saturated carbocycles. The van der Waals surface area contributed by atoms with E-state index in [-0.39, 0.29) is 17.8 Å². The van der Waals surface area contributed by atoms with Crippen molar-refractivity contribution < 1.29 is 23.1 Å². The van der Waals surface area contributed by atoms with Crippen molar-refractivity contribution in [2.45, 2.75) is 45.3 Å². The number of carbonyl (C=O) groups excluding carboxylic acids is 2. The summed E-state index contributed by atoms with van der Waals surface area (Å²) in [4.78, 5) is 26.5. The molecule has 1 saturated heterocycles. The molecule has 29 heavy (non-hydrogen) atoms. The lowest BCUT2D eigenvalue weighted by molar-refractivity contribution is 0.0187. The molecule has 0 aliphatic carbocycles. The summed E-state index contributed by atoms with van der Waals surface area (Å²) in [6.07, 6.45) is 2.84. The first kappa shape index (κ1) is 20.8. The molecule has 6 nitrogen and oxygen atoms in total. The molecule has 1 aliphatic rings. The first-order valence-corrected chi connectivity index (χ1v) is 9.55. The fraction of sp³-hybridized carbons (Fsp3) is 0.429.